The van der Waals surface area contributed by atoms with Crippen LogP contribution in [0.2, 0.25) is 0 Å². The van der Waals surface area contributed by atoms with Gasteiger partial charge in [0.1, 0.15) is 5.66 Å². The molecular weight excluding hydrogens is 272 g/mol. The van der Waals surface area contributed by atoms with Crippen molar-refractivity contribution < 1.29 is 4.79 Å². The highest BCUT2D eigenvalue weighted by molar-refractivity contribution is 5.97. The Morgan fingerprint density at radius 2 is 1.68 bits per heavy atom. The molecule has 0 spiro atoms. The lowest BCUT2D eigenvalue weighted by molar-refractivity contribution is 0.0873. The maximum absolute atomic E-state index is 12.8. The quantitative estimate of drug-likeness (QED) is 0.806. The smallest absolute Gasteiger partial charge is 0.253 e. The molecule has 2 aliphatic heterocycles. The molecule has 2 aliphatic rings. The molecule has 3 heteroatoms. The van der Waals surface area contributed by atoms with E-state index >= 15 is 0 Å². The molecule has 1 atom stereocenters. The largest absolute Gasteiger partial charge is 0.344 e. The third kappa shape index (κ3) is 1.48. The van der Waals surface area contributed by atoms with Gasteiger partial charge in [-0.3, -0.25) is 4.79 Å². The highest BCUT2D eigenvalue weighted by Crippen LogP contribution is 2.51. The van der Waals surface area contributed by atoms with Crippen molar-refractivity contribution >= 4 is 11.6 Å². The summed E-state index contributed by atoms with van der Waals surface area (Å²) in [5.74, 6) is 0.0153. The van der Waals surface area contributed by atoms with E-state index in [0.29, 0.717) is 0 Å². The summed E-state index contributed by atoms with van der Waals surface area (Å²) in [4.78, 5) is 15.1. The summed E-state index contributed by atoms with van der Waals surface area (Å²) in [6, 6.07) is 16.4. The van der Waals surface area contributed by atoms with E-state index in [0.717, 1.165) is 17.7 Å². The first kappa shape index (κ1) is 13.4. The van der Waals surface area contributed by atoms with Gasteiger partial charge in [0, 0.05) is 23.2 Å². The Morgan fingerprint density at radius 1 is 1.00 bits per heavy atom. The predicted octanol–water partition coefficient (Wildman–Crippen LogP) is 3.44. The molecule has 1 amide bonds. The molecule has 0 radical (unpaired) electrons. The normalized spacial score (nSPS) is 24.9. The van der Waals surface area contributed by atoms with Crippen molar-refractivity contribution in [3.8, 4) is 0 Å². The van der Waals surface area contributed by atoms with Gasteiger partial charge in [0.15, 0.2) is 0 Å². The number of rotatable bonds is 0. The number of amides is 1. The number of hydrogen-bond donors (Lipinski definition) is 1. The van der Waals surface area contributed by atoms with Crippen LogP contribution in [0.5, 0.6) is 0 Å². The first-order valence-corrected chi connectivity index (χ1v) is 7.73. The molecule has 0 bridgehead atoms. The zero-order valence-corrected chi connectivity index (χ0v) is 13.2. The summed E-state index contributed by atoms with van der Waals surface area (Å²) in [6.45, 7) is 7.30. The lowest BCUT2D eigenvalue weighted by Gasteiger charge is -2.44. The van der Waals surface area contributed by atoms with Gasteiger partial charge >= 0.3 is 0 Å². The minimum Gasteiger partial charge on any atom is -0.344 e. The van der Waals surface area contributed by atoms with E-state index in [-0.39, 0.29) is 11.3 Å². The van der Waals surface area contributed by atoms with Crippen LogP contribution in [-0.4, -0.2) is 11.6 Å². The SMILES string of the molecule is CC1(C)c2ccccc2N2Cc3ccccc3C(=O)N[C@@]21C. The van der Waals surface area contributed by atoms with Gasteiger partial charge in [-0.05, 0) is 30.2 Å². The Labute approximate surface area is 131 Å². The van der Waals surface area contributed by atoms with Gasteiger partial charge in [0.2, 0.25) is 0 Å². The Bertz CT molecular complexity index is 781. The second kappa shape index (κ2) is 4.13. The Hall–Kier alpha value is -2.29. The van der Waals surface area contributed by atoms with Gasteiger partial charge in [-0.25, -0.2) is 0 Å². The lowest BCUT2D eigenvalue weighted by Crippen LogP contribution is -2.63. The van der Waals surface area contributed by atoms with Crippen molar-refractivity contribution in [3.05, 3.63) is 65.2 Å². The van der Waals surface area contributed by atoms with Crippen LogP contribution in [0.25, 0.3) is 0 Å². The van der Waals surface area contributed by atoms with Crippen molar-refractivity contribution in [1.82, 2.24) is 5.32 Å². The summed E-state index contributed by atoms with van der Waals surface area (Å²) < 4.78 is 0. The number of carbonyl (C=O) groups is 1. The van der Waals surface area contributed by atoms with Crippen molar-refractivity contribution in [2.24, 2.45) is 0 Å². The van der Waals surface area contributed by atoms with Crippen LogP contribution in [0.1, 0.15) is 42.3 Å². The summed E-state index contributed by atoms with van der Waals surface area (Å²) in [5.41, 5.74) is 3.76. The highest BCUT2D eigenvalue weighted by Gasteiger charge is 2.55. The number of anilines is 1. The van der Waals surface area contributed by atoms with E-state index in [1.807, 2.05) is 18.2 Å². The average molecular weight is 292 g/mol. The van der Waals surface area contributed by atoms with Gasteiger partial charge in [0.25, 0.3) is 5.91 Å². The monoisotopic (exact) mass is 292 g/mol. The van der Waals surface area contributed by atoms with E-state index in [4.69, 9.17) is 0 Å². The summed E-state index contributed by atoms with van der Waals surface area (Å²) in [7, 11) is 0. The van der Waals surface area contributed by atoms with E-state index in [9.17, 15) is 4.79 Å². The lowest BCUT2D eigenvalue weighted by atomic mass is 9.76. The standard InChI is InChI=1S/C19H20N2O/c1-18(2)15-10-6-7-11-16(15)21-12-13-8-4-5-9-14(13)17(22)20-19(18,21)3/h4-11H,12H2,1-3H3,(H,20,22)/t19-/m0/s1. The molecular formula is C19H20N2O. The zero-order valence-electron chi connectivity index (χ0n) is 13.2. The fourth-order valence-electron chi connectivity index (χ4n) is 3.88. The molecule has 0 saturated carbocycles. The van der Waals surface area contributed by atoms with Crippen LogP contribution in [0.15, 0.2) is 48.5 Å². The van der Waals surface area contributed by atoms with E-state index in [1.165, 1.54) is 11.3 Å². The first-order chi connectivity index (χ1) is 10.4. The molecule has 1 N–H and O–H groups in total. The maximum atomic E-state index is 12.8. The molecule has 0 aliphatic carbocycles. The fourth-order valence-corrected chi connectivity index (χ4v) is 3.88. The Balaban J connectivity index is 1.96. The Morgan fingerprint density at radius 3 is 2.50 bits per heavy atom. The molecule has 2 aromatic carbocycles. The molecule has 2 heterocycles. The van der Waals surface area contributed by atoms with Gasteiger partial charge in [0.05, 0.1) is 0 Å². The fraction of sp³-hybridized carbons (Fsp3) is 0.316. The average Bonchev–Trinajstić information content (AvgIpc) is 2.60. The molecule has 2 aromatic rings. The first-order valence-electron chi connectivity index (χ1n) is 7.73. The second-order valence-electron chi connectivity index (χ2n) is 6.91. The number of carbonyl (C=O) groups excluding carboxylic acids is 1. The minimum atomic E-state index is -0.438. The third-order valence-electron chi connectivity index (χ3n) is 5.57. The molecule has 112 valence electrons. The molecule has 4 rings (SSSR count). The van der Waals surface area contributed by atoms with Crippen LogP contribution >= 0.6 is 0 Å². The number of hydrogen-bond acceptors (Lipinski definition) is 2. The van der Waals surface area contributed by atoms with Gasteiger partial charge in [-0.2, -0.15) is 0 Å². The predicted molar refractivity (Wildman–Crippen MR) is 88.0 cm³/mol. The molecule has 0 saturated heterocycles. The summed E-state index contributed by atoms with van der Waals surface area (Å²) in [5, 5.41) is 3.30. The molecule has 0 fully saturated rings. The number of fused-ring (bicyclic) bond motifs is 4. The maximum Gasteiger partial charge on any atom is 0.253 e. The van der Waals surface area contributed by atoms with Crippen LogP contribution in [0, 0.1) is 0 Å². The topological polar surface area (TPSA) is 32.3 Å². The zero-order chi connectivity index (χ0) is 15.5. The molecule has 0 unspecified atom stereocenters. The minimum absolute atomic E-state index is 0.0153. The van der Waals surface area contributed by atoms with E-state index < -0.39 is 5.66 Å². The third-order valence-corrected chi connectivity index (χ3v) is 5.57. The van der Waals surface area contributed by atoms with Crippen LogP contribution < -0.4 is 10.2 Å². The number of nitrogens with one attached hydrogen (secondary N) is 1. The van der Waals surface area contributed by atoms with Gasteiger partial charge < -0.3 is 10.2 Å². The summed E-state index contributed by atoms with van der Waals surface area (Å²) in [6.07, 6.45) is 0. The van der Waals surface area contributed by atoms with Crippen molar-refractivity contribution in [1.29, 1.82) is 0 Å². The summed E-state index contributed by atoms with van der Waals surface area (Å²) >= 11 is 0. The van der Waals surface area contributed by atoms with Crippen LogP contribution in [0.3, 0.4) is 0 Å². The van der Waals surface area contributed by atoms with Crippen LogP contribution in [-0.2, 0) is 12.0 Å². The number of nitrogens with zero attached hydrogens (tertiary/aromatic N) is 1. The second-order valence-corrected chi connectivity index (χ2v) is 6.91. The molecule has 3 nitrogen and oxygen atoms in total. The van der Waals surface area contributed by atoms with E-state index in [1.54, 1.807) is 0 Å². The van der Waals surface area contributed by atoms with E-state index in [2.05, 4.69) is 61.3 Å². The van der Waals surface area contributed by atoms with Crippen molar-refractivity contribution in [2.45, 2.75) is 38.4 Å². The molecule has 22 heavy (non-hydrogen) atoms. The Kier molecular flexibility index (Phi) is 2.51. The van der Waals surface area contributed by atoms with Crippen LogP contribution in [0.4, 0.5) is 5.69 Å². The highest BCUT2D eigenvalue weighted by atomic mass is 16.2. The van der Waals surface area contributed by atoms with Crippen molar-refractivity contribution in [2.75, 3.05) is 4.90 Å². The molecule has 0 aromatic heterocycles. The van der Waals surface area contributed by atoms with Crippen molar-refractivity contribution in [3.63, 3.8) is 0 Å². The number of para-hydroxylation sites is 1. The van der Waals surface area contributed by atoms with Gasteiger partial charge in [-0.1, -0.05) is 50.2 Å². The van der Waals surface area contributed by atoms with Gasteiger partial charge in [-0.15, -0.1) is 0 Å². The number of benzene rings is 2.